The second kappa shape index (κ2) is 5.97. The van der Waals surface area contributed by atoms with Gasteiger partial charge in [-0.15, -0.1) is 0 Å². The summed E-state index contributed by atoms with van der Waals surface area (Å²) in [7, 11) is 0. The van der Waals surface area contributed by atoms with E-state index in [1.165, 1.54) is 5.56 Å². The zero-order valence-electron chi connectivity index (χ0n) is 12.4. The topological polar surface area (TPSA) is 30.7 Å². The molecule has 4 aromatic rings. The van der Waals surface area contributed by atoms with Crippen molar-refractivity contribution < 1.29 is 0 Å². The summed E-state index contributed by atoms with van der Waals surface area (Å²) in [5, 5.41) is 0. The van der Waals surface area contributed by atoms with Gasteiger partial charge < -0.3 is 4.57 Å². The molecule has 0 aliphatic rings. The van der Waals surface area contributed by atoms with Gasteiger partial charge in [-0.05, 0) is 42.0 Å². The molecule has 0 fully saturated rings. The lowest BCUT2D eigenvalue weighted by atomic mass is 10.2. The van der Waals surface area contributed by atoms with E-state index in [2.05, 4.69) is 61.9 Å². The van der Waals surface area contributed by atoms with E-state index in [1.54, 1.807) is 6.20 Å². The fourth-order valence-electron chi connectivity index (χ4n) is 2.72. The van der Waals surface area contributed by atoms with Crippen molar-refractivity contribution >= 4 is 27.0 Å². The van der Waals surface area contributed by atoms with Crippen molar-refractivity contribution in [2.45, 2.75) is 6.54 Å². The molecule has 4 heteroatoms. The minimum Gasteiger partial charge on any atom is -0.319 e. The van der Waals surface area contributed by atoms with Crippen LogP contribution in [0.5, 0.6) is 0 Å². The van der Waals surface area contributed by atoms with Gasteiger partial charge in [-0.1, -0.05) is 40.2 Å². The molecule has 3 nitrogen and oxygen atoms in total. The number of fused-ring (bicyclic) bond motifs is 1. The van der Waals surface area contributed by atoms with Crippen LogP contribution in [0.25, 0.3) is 22.4 Å². The average Bonchev–Trinajstić information content (AvgIpc) is 2.96. The van der Waals surface area contributed by atoms with Gasteiger partial charge in [0, 0.05) is 29.0 Å². The summed E-state index contributed by atoms with van der Waals surface area (Å²) >= 11 is 3.49. The first-order chi connectivity index (χ1) is 11.3. The number of hydrogen-bond donors (Lipinski definition) is 0. The molecule has 2 heterocycles. The van der Waals surface area contributed by atoms with Crippen molar-refractivity contribution in [2.24, 2.45) is 0 Å². The Hall–Kier alpha value is -2.46. The van der Waals surface area contributed by atoms with Gasteiger partial charge in [-0.3, -0.25) is 4.98 Å². The summed E-state index contributed by atoms with van der Waals surface area (Å²) in [6, 6.07) is 20.6. The van der Waals surface area contributed by atoms with Crippen molar-refractivity contribution in [3.8, 4) is 11.4 Å². The summed E-state index contributed by atoms with van der Waals surface area (Å²) in [4.78, 5) is 9.04. The maximum atomic E-state index is 4.81. The molecule has 0 radical (unpaired) electrons. The summed E-state index contributed by atoms with van der Waals surface area (Å²) in [5.74, 6) is 0.946. The smallest absolute Gasteiger partial charge is 0.143 e. The van der Waals surface area contributed by atoms with Crippen LogP contribution in [0.2, 0.25) is 0 Å². The number of imidazole rings is 1. The average molecular weight is 364 g/mol. The first-order valence-corrected chi connectivity index (χ1v) is 8.21. The Bertz CT molecular complexity index is 943. The molecule has 0 aliphatic heterocycles. The maximum Gasteiger partial charge on any atom is 0.143 e. The highest BCUT2D eigenvalue weighted by molar-refractivity contribution is 9.10. The monoisotopic (exact) mass is 363 g/mol. The summed E-state index contributed by atoms with van der Waals surface area (Å²) in [6.07, 6.45) is 3.64. The molecule has 0 amide bonds. The minimum atomic E-state index is 0.776. The van der Waals surface area contributed by atoms with Gasteiger partial charge in [0.1, 0.15) is 5.82 Å². The van der Waals surface area contributed by atoms with Gasteiger partial charge in [0.25, 0.3) is 0 Å². The molecule has 2 aromatic heterocycles. The molecule has 4 rings (SSSR count). The third kappa shape index (κ3) is 2.78. The van der Waals surface area contributed by atoms with E-state index in [0.717, 1.165) is 33.4 Å². The second-order valence-electron chi connectivity index (χ2n) is 5.38. The lowest BCUT2D eigenvalue weighted by Crippen LogP contribution is -2.02. The molecule has 0 bridgehead atoms. The number of rotatable bonds is 3. The third-order valence-corrected chi connectivity index (χ3v) is 4.36. The summed E-state index contributed by atoms with van der Waals surface area (Å²) in [6.45, 7) is 0.776. The van der Waals surface area contributed by atoms with Crippen LogP contribution < -0.4 is 0 Å². The van der Waals surface area contributed by atoms with Gasteiger partial charge in [-0.2, -0.15) is 0 Å². The molecule has 0 saturated carbocycles. The van der Waals surface area contributed by atoms with Crippen molar-refractivity contribution in [1.29, 1.82) is 0 Å². The van der Waals surface area contributed by atoms with Crippen molar-refractivity contribution in [1.82, 2.24) is 14.5 Å². The zero-order valence-corrected chi connectivity index (χ0v) is 13.9. The van der Waals surface area contributed by atoms with E-state index in [9.17, 15) is 0 Å². The molecule has 0 N–H and O–H groups in total. The zero-order chi connectivity index (χ0) is 15.6. The Kier molecular flexibility index (Phi) is 3.67. The minimum absolute atomic E-state index is 0.776. The van der Waals surface area contributed by atoms with Gasteiger partial charge in [0.2, 0.25) is 0 Å². The standard InChI is InChI=1S/C19H14BrN3/c20-16-9-7-14(8-10-16)13-23-18-6-2-1-5-17(18)22-19(23)15-4-3-11-21-12-15/h1-12H,13H2. The molecule has 0 saturated heterocycles. The fraction of sp³-hybridized carbons (Fsp3) is 0.0526. The van der Waals surface area contributed by atoms with E-state index >= 15 is 0 Å². The number of nitrogens with zero attached hydrogens (tertiary/aromatic N) is 3. The first-order valence-electron chi connectivity index (χ1n) is 7.41. The van der Waals surface area contributed by atoms with Crippen LogP contribution in [0, 0.1) is 0 Å². The molecule has 0 unspecified atom stereocenters. The number of halogens is 1. The van der Waals surface area contributed by atoms with E-state index < -0.39 is 0 Å². The van der Waals surface area contributed by atoms with Gasteiger partial charge in [-0.25, -0.2) is 4.98 Å². The van der Waals surface area contributed by atoms with Crippen LogP contribution in [0.3, 0.4) is 0 Å². The van der Waals surface area contributed by atoms with Crippen LogP contribution in [0.1, 0.15) is 5.56 Å². The maximum absolute atomic E-state index is 4.81. The third-order valence-electron chi connectivity index (χ3n) is 3.83. The molecule has 112 valence electrons. The largest absolute Gasteiger partial charge is 0.319 e. The molecular weight excluding hydrogens is 350 g/mol. The van der Waals surface area contributed by atoms with Crippen LogP contribution in [0.4, 0.5) is 0 Å². The van der Waals surface area contributed by atoms with Crippen molar-refractivity contribution in [3.05, 3.63) is 83.1 Å². The molecule has 0 aliphatic carbocycles. The number of hydrogen-bond acceptors (Lipinski definition) is 2. The highest BCUT2D eigenvalue weighted by atomic mass is 79.9. The second-order valence-corrected chi connectivity index (χ2v) is 6.29. The Morgan fingerprint density at radius 2 is 1.74 bits per heavy atom. The first kappa shape index (κ1) is 14.2. The van der Waals surface area contributed by atoms with Gasteiger partial charge in [0.05, 0.1) is 11.0 Å². The number of pyridine rings is 1. The quantitative estimate of drug-likeness (QED) is 0.517. The lowest BCUT2D eigenvalue weighted by Gasteiger charge is -2.09. The molecular formula is C19H14BrN3. The predicted molar refractivity (Wildman–Crippen MR) is 96.2 cm³/mol. The summed E-state index contributed by atoms with van der Waals surface area (Å²) in [5.41, 5.74) is 4.40. The highest BCUT2D eigenvalue weighted by Crippen LogP contribution is 2.25. The highest BCUT2D eigenvalue weighted by Gasteiger charge is 2.12. The van der Waals surface area contributed by atoms with Crippen LogP contribution in [0.15, 0.2) is 77.5 Å². The molecule has 2 aromatic carbocycles. The normalized spacial score (nSPS) is 11.0. The summed E-state index contributed by atoms with van der Waals surface area (Å²) < 4.78 is 3.33. The predicted octanol–water partition coefficient (Wildman–Crippen LogP) is 4.91. The number of para-hydroxylation sites is 2. The van der Waals surface area contributed by atoms with E-state index in [0.29, 0.717) is 0 Å². The Morgan fingerprint density at radius 3 is 2.52 bits per heavy atom. The number of benzene rings is 2. The molecule has 23 heavy (non-hydrogen) atoms. The number of aromatic nitrogens is 3. The van der Waals surface area contributed by atoms with E-state index in [1.807, 2.05) is 30.5 Å². The van der Waals surface area contributed by atoms with E-state index in [4.69, 9.17) is 4.98 Å². The van der Waals surface area contributed by atoms with Gasteiger partial charge in [0.15, 0.2) is 0 Å². The molecule has 0 atom stereocenters. The van der Waals surface area contributed by atoms with Crippen molar-refractivity contribution in [3.63, 3.8) is 0 Å². The van der Waals surface area contributed by atoms with Gasteiger partial charge >= 0.3 is 0 Å². The van der Waals surface area contributed by atoms with Crippen LogP contribution in [-0.4, -0.2) is 14.5 Å². The van der Waals surface area contributed by atoms with Crippen LogP contribution in [-0.2, 0) is 6.54 Å². The van der Waals surface area contributed by atoms with Crippen molar-refractivity contribution in [2.75, 3.05) is 0 Å². The Labute approximate surface area is 142 Å². The van der Waals surface area contributed by atoms with Crippen LogP contribution >= 0.6 is 15.9 Å². The Balaban J connectivity index is 1.87. The van der Waals surface area contributed by atoms with E-state index in [-0.39, 0.29) is 0 Å². The lowest BCUT2D eigenvalue weighted by molar-refractivity contribution is 0.833. The molecule has 0 spiro atoms. The SMILES string of the molecule is Brc1ccc(Cn2c(-c3cccnc3)nc3ccccc32)cc1. The Morgan fingerprint density at radius 1 is 0.913 bits per heavy atom. The fourth-order valence-corrected chi connectivity index (χ4v) is 2.99.